The fraction of sp³-hybridized carbons (Fsp3) is 0.615. The average Bonchev–Trinajstić information content (AvgIpc) is 2.32. The van der Waals surface area contributed by atoms with E-state index in [-0.39, 0.29) is 16.7 Å². The van der Waals surface area contributed by atoms with Gasteiger partial charge in [0, 0.05) is 30.4 Å². The fourth-order valence-electron chi connectivity index (χ4n) is 2.59. The Hall–Kier alpha value is -1.53. The van der Waals surface area contributed by atoms with Crippen molar-refractivity contribution >= 4 is 5.69 Å². The van der Waals surface area contributed by atoms with Crippen LogP contribution in [0.4, 0.5) is 5.69 Å². The number of aliphatic hydroxyl groups excluding tert-OH is 1. The molecule has 0 spiro atoms. The standard InChI is InChI=1S/C13H19N3O3/c1-9-6-14-12(10(2)13(9)16(18)19)8-15-5-3-4-11(17)7-15/h6,11,17H,3-5,7-8H2,1-2H3. The Bertz CT molecular complexity index is 490. The van der Waals surface area contributed by atoms with Gasteiger partial charge in [0.25, 0.3) is 5.69 Å². The van der Waals surface area contributed by atoms with E-state index in [1.165, 1.54) is 0 Å². The quantitative estimate of drug-likeness (QED) is 0.662. The van der Waals surface area contributed by atoms with Crippen LogP contribution in [0.5, 0.6) is 0 Å². The third kappa shape index (κ3) is 3.08. The molecule has 0 aliphatic carbocycles. The Morgan fingerprint density at radius 3 is 2.95 bits per heavy atom. The second kappa shape index (κ2) is 5.63. The van der Waals surface area contributed by atoms with Crippen LogP contribution in [0.1, 0.15) is 29.7 Å². The topological polar surface area (TPSA) is 79.5 Å². The molecule has 0 saturated carbocycles. The minimum Gasteiger partial charge on any atom is -0.392 e. The maximum absolute atomic E-state index is 11.1. The van der Waals surface area contributed by atoms with Crippen LogP contribution < -0.4 is 0 Å². The number of nitro groups is 1. The first-order valence-corrected chi connectivity index (χ1v) is 6.49. The lowest BCUT2D eigenvalue weighted by atomic mass is 10.1. The highest BCUT2D eigenvalue weighted by Gasteiger charge is 2.22. The zero-order chi connectivity index (χ0) is 14.0. The van der Waals surface area contributed by atoms with Crippen LogP contribution in [0.3, 0.4) is 0 Å². The fourth-order valence-corrected chi connectivity index (χ4v) is 2.59. The van der Waals surface area contributed by atoms with Crippen molar-refractivity contribution in [1.29, 1.82) is 0 Å². The van der Waals surface area contributed by atoms with Gasteiger partial charge in [-0.2, -0.15) is 0 Å². The van der Waals surface area contributed by atoms with Crippen LogP contribution >= 0.6 is 0 Å². The number of aromatic nitrogens is 1. The molecule has 1 aromatic heterocycles. The van der Waals surface area contributed by atoms with Gasteiger partial charge in [-0.1, -0.05) is 0 Å². The van der Waals surface area contributed by atoms with E-state index in [2.05, 4.69) is 9.88 Å². The SMILES string of the molecule is Cc1cnc(CN2CCCC(O)C2)c(C)c1[N+](=O)[O-]. The van der Waals surface area contributed by atoms with Gasteiger partial charge in [-0.3, -0.25) is 20.0 Å². The summed E-state index contributed by atoms with van der Waals surface area (Å²) < 4.78 is 0. The van der Waals surface area contributed by atoms with Gasteiger partial charge in [0.1, 0.15) is 0 Å². The summed E-state index contributed by atoms with van der Waals surface area (Å²) in [4.78, 5) is 17.1. The predicted molar refractivity (Wildman–Crippen MR) is 70.9 cm³/mol. The predicted octanol–water partition coefficient (Wildman–Crippen LogP) is 1.56. The molecule has 2 rings (SSSR count). The van der Waals surface area contributed by atoms with Crippen LogP contribution in [0.15, 0.2) is 6.20 Å². The number of β-amino-alcohol motifs (C(OH)–C–C–N with tert-alkyl or cyclic N) is 1. The Morgan fingerprint density at radius 1 is 1.58 bits per heavy atom. The third-order valence-electron chi connectivity index (χ3n) is 3.61. The van der Waals surface area contributed by atoms with Gasteiger partial charge in [0.05, 0.1) is 16.7 Å². The molecule has 1 fully saturated rings. The highest BCUT2D eigenvalue weighted by molar-refractivity contribution is 5.47. The second-order valence-corrected chi connectivity index (χ2v) is 5.15. The van der Waals surface area contributed by atoms with Gasteiger partial charge >= 0.3 is 0 Å². The number of hydrogen-bond donors (Lipinski definition) is 1. The highest BCUT2D eigenvalue weighted by atomic mass is 16.6. The normalized spacial score (nSPS) is 20.5. The van der Waals surface area contributed by atoms with Gasteiger partial charge < -0.3 is 5.11 Å². The zero-order valence-corrected chi connectivity index (χ0v) is 11.3. The number of aliphatic hydroxyl groups is 1. The molecule has 1 aliphatic heterocycles. The number of piperidine rings is 1. The van der Waals surface area contributed by atoms with Gasteiger partial charge in [-0.25, -0.2) is 0 Å². The lowest BCUT2D eigenvalue weighted by molar-refractivity contribution is -0.386. The van der Waals surface area contributed by atoms with Crippen LogP contribution in [0.25, 0.3) is 0 Å². The van der Waals surface area contributed by atoms with E-state index in [0.717, 1.165) is 25.1 Å². The van der Waals surface area contributed by atoms with E-state index in [9.17, 15) is 15.2 Å². The molecule has 19 heavy (non-hydrogen) atoms. The van der Waals surface area contributed by atoms with Crippen LogP contribution in [0.2, 0.25) is 0 Å². The lowest BCUT2D eigenvalue weighted by Gasteiger charge is -2.29. The van der Waals surface area contributed by atoms with E-state index in [1.807, 2.05) is 0 Å². The molecule has 104 valence electrons. The van der Waals surface area contributed by atoms with E-state index in [1.54, 1.807) is 20.0 Å². The molecule has 6 nitrogen and oxygen atoms in total. The van der Waals surface area contributed by atoms with E-state index in [4.69, 9.17) is 0 Å². The molecule has 6 heteroatoms. The first-order chi connectivity index (χ1) is 8.99. The molecule has 1 N–H and O–H groups in total. The summed E-state index contributed by atoms with van der Waals surface area (Å²) in [7, 11) is 0. The van der Waals surface area contributed by atoms with Crippen molar-refractivity contribution < 1.29 is 10.0 Å². The molecule has 0 bridgehead atoms. The summed E-state index contributed by atoms with van der Waals surface area (Å²) in [5.74, 6) is 0. The van der Waals surface area contributed by atoms with Crippen molar-refractivity contribution in [2.24, 2.45) is 0 Å². The van der Waals surface area contributed by atoms with Crippen LogP contribution in [-0.4, -0.2) is 39.1 Å². The summed E-state index contributed by atoms with van der Waals surface area (Å²) in [6, 6.07) is 0. The Balaban J connectivity index is 2.21. The molecular weight excluding hydrogens is 246 g/mol. The van der Waals surface area contributed by atoms with E-state index in [0.29, 0.717) is 24.2 Å². The Labute approximate surface area is 112 Å². The lowest BCUT2D eigenvalue weighted by Crippen LogP contribution is -2.38. The summed E-state index contributed by atoms with van der Waals surface area (Å²) >= 11 is 0. The highest BCUT2D eigenvalue weighted by Crippen LogP contribution is 2.25. The van der Waals surface area contributed by atoms with Crippen molar-refractivity contribution in [2.75, 3.05) is 13.1 Å². The molecule has 1 atom stereocenters. The van der Waals surface area contributed by atoms with Crippen molar-refractivity contribution in [3.05, 3.63) is 33.1 Å². The average molecular weight is 265 g/mol. The van der Waals surface area contributed by atoms with Crippen molar-refractivity contribution in [1.82, 2.24) is 9.88 Å². The number of pyridine rings is 1. The zero-order valence-electron chi connectivity index (χ0n) is 11.3. The maximum atomic E-state index is 11.1. The summed E-state index contributed by atoms with van der Waals surface area (Å²) in [6.45, 7) is 5.52. The molecule has 0 aromatic carbocycles. The molecule has 2 heterocycles. The second-order valence-electron chi connectivity index (χ2n) is 5.15. The smallest absolute Gasteiger partial charge is 0.278 e. The summed E-state index contributed by atoms with van der Waals surface area (Å²) in [6.07, 6.45) is 3.04. The molecule has 0 radical (unpaired) electrons. The van der Waals surface area contributed by atoms with E-state index < -0.39 is 0 Å². The first-order valence-electron chi connectivity index (χ1n) is 6.49. The molecule has 1 saturated heterocycles. The van der Waals surface area contributed by atoms with Gasteiger partial charge in [-0.15, -0.1) is 0 Å². The number of aryl methyl sites for hydroxylation is 1. The van der Waals surface area contributed by atoms with Gasteiger partial charge in [0.2, 0.25) is 0 Å². The van der Waals surface area contributed by atoms with Crippen molar-refractivity contribution in [2.45, 2.75) is 39.3 Å². The largest absolute Gasteiger partial charge is 0.392 e. The van der Waals surface area contributed by atoms with Gasteiger partial charge in [-0.05, 0) is 33.2 Å². The molecule has 1 aromatic rings. The number of rotatable bonds is 3. The minimum absolute atomic E-state index is 0.155. The maximum Gasteiger partial charge on any atom is 0.278 e. The minimum atomic E-state index is -0.346. The third-order valence-corrected chi connectivity index (χ3v) is 3.61. The molecule has 0 amide bonds. The summed E-state index contributed by atoms with van der Waals surface area (Å²) in [5.41, 5.74) is 2.10. The first kappa shape index (κ1) is 13.9. The molecular formula is C13H19N3O3. The van der Waals surface area contributed by atoms with E-state index >= 15 is 0 Å². The van der Waals surface area contributed by atoms with Crippen LogP contribution in [-0.2, 0) is 6.54 Å². The number of nitrogens with zero attached hydrogens (tertiary/aromatic N) is 3. The number of likely N-dealkylation sites (tertiary alicyclic amines) is 1. The van der Waals surface area contributed by atoms with Gasteiger partial charge in [0.15, 0.2) is 0 Å². The Kier molecular flexibility index (Phi) is 4.11. The van der Waals surface area contributed by atoms with Crippen molar-refractivity contribution in [3.8, 4) is 0 Å². The van der Waals surface area contributed by atoms with Crippen molar-refractivity contribution in [3.63, 3.8) is 0 Å². The number of hydrogen-bond acceptors (Lipinski definition) is 5. The molecule has 1 aliphatic rings. The Morgan fingerprint density at radius 2 is 2.32 bits per heavy atom. The summed E-state index contributed by atoms with van der Waals surface area (Å²) in [5, 5.41) is 20.7. The molecule has 1 unspecified atom stereocenters. The monoisotopic (exact) mass is 265 g/mol. The van der Waals surface area contributed by atoms with Crippen LogP contribution in [0, 0.1) is 24.0 Å².